The summed E-state index contributed by atoms with van der Waals surface area (Å²) in [5, 5.41) is 28.9. The molecule has 1 aromatic rings. The molecule has 6 nitrogen and oxygen atoms in total. The van der Waals surface area contributed by atoms with Crippen LogP contribution in [0.4, 0.5) is 0 Å². The molecule has 2 N–H and O–H groups in total. The highest BCUT2D eigenvalue weighted by atomic mass is 16.5. The Labute approximate surface area is 134 Å². The Morgan fingerprint density at radius 3 is 2.52 bits per heavy atom. The van der Waals surface area contributed by atoms with Gasteiger partial charge >= 0.3 is 0 Å². The quantitative estimate of drug-likeness (QED) is 0.794. The van der Waals surface area contributed by atoms with Gasteiger partial charge in [-0.15, -0.1) is 0 Å². The summed E-state index contributed by atoms with van der Waals surface area (Å²) in [6.07, 6.45) is -0.204. The molecule has 0 saturated carbocycles. The number of carbonyl (C=O) groups is 1. The van der Waals surface area contributed by atoms with Crippen LogP contribution < -0.4 is 0 Å². The Hall–Kier alpha value is -1.94. The molecule has 2 aliphatic rings. The number of rotatable bonds is 1. The van der Waals surface area contributed by atoms with E-state index in [0.717, 1.165) is 0 Å². The number of piperidine rings is 1. The minimum atomic E-state index is -0.900. The van der Waals surface area contributed by atoms with E-state index in [4.69, 9.17) is 10.00 Å². The molecule has 0 aromatic heterocycles. The summed E-state index contributed by atoms with van der Waals surface area (Å²) in [5.41, 5.74) is 0.330. The third-order valence-corrected chi connectivity index (χ3v) is 4.86. The molecular formula is C17H20N2O4. The second-order valence-electron chi connectivity index (χ2n) is 6.20. The first kappa shape index (κ1) is 15.9. The fraction of sp³-hybridized carbons (Fsp3) is 0.529. The van der Waals surface area contributed by atoms with E-state index in [1.807, 2.05) is 6.07 Å². The summed E-state index contributed by atoms with van der Waals surface area (Å²) in [7, 11) is 0. The van der Waals surface area contributed by atoms with Gasteiger partial charge in [-0.05, 0) is 43.5 Å². The number of nitriles is 1. The van der Waals surface area contributed by atoms with Crippen LogP contribution in [0, 0.1) is 11.3 Å². The topological polar surface area (TPSA) is 93.8 Å². The Morgan fingerprint density at radius 1 is 1.26 bits per heavy atom. The van der Waals surface area contributed by atoms with Crippen molar-refractivity contribution in [3.63, 3.8) is 0 Å². The zero-order valence-electron chi connectivity index (χ0n) is 12.8. The number of benzene rings is 1. The van der Waals surface area contributed by atoms with Crippen LogP contribution >= 0.6 is 0 Å². The zero-order valence-corrected chi connectivity index (χ0v) is 12.8. The molecule has 1 spiro atoms. The number of hydrogen-bond acceptors (Lipinski definition) is 5. The fourth-order valence-electron chi connectivity index (χ4n) is 3.38. The Bertz CT molecular complexity index is 614. The van der Waals surface area contributed by atoms with Gasteiger partial charge in [0.05, 0.1) is 29.9 Å². The van der Waals surface area contributed by atoms with Crippen molar-refractivity contribution in [2.24, 2.45) is 0 Å². The molecule has 0 radical (unpaired) electrons. The van der Waals surface area contributed by atoms with E-state index in [1.165, 1.54) is 0 Å². The van der Waals surface area contributed by atoms with Gasteiger partial charge in [0.15, 0.2) is 0 Å². The number of carbonyl (C=O) groups excluding carboxylic acids is 1. The second-order valence-corrected chi connectivity index (χ2v) is 6.20. The van der Waals surface area contributed by atoms with Crippen LogP contribution in [0.5, 0.6) is 0 Å². The van der Waals surface area contributed by atoms with E-state index >= 15 is 0 Å². The van der Waals surface area contributed by atoms with Crippen molar-refractivity contribution >= 4 is 5.91 Å². The van der Waals surface area contributed by atoms with Crippen LogP contribution in [-0.2, 0) is 4.74 Å². The first-order valence-corrected chi connectivity index (χ1v) is 7.85. The molecule has 2 fully saturated rings. The molecule has 0 aliphatic carbocycles. The monoisotopic (exact) mass is 316 g/mol. The highest BCUT2D eigenvalue weighted by Gasteiger charge is 2.48. The van der Waals surface area contributed by atoms with Crippen LogP contribution in [0.1, 0.15) is 35.2 Å². The van der Waals surface area contributed by atoms with E-state index in [9.17, 15) is 15.0 Å². The van der Waals surface area contributed by atoms with Gasteiger partial charge in [0.25, 0.3) is 5.91 Å². The van der Waals surface area contributed by atoms with Gasteiger partial charge in [-0.3, -0.25) is 4.79 Å². The molecule has 2 aliphatic heterocycles. The highest BCUT2D eigenvalue weighted by Crippen LogP contribution is 2.35. The summed E-state index contributed by atoms with van der Waals surface area (Å²) >= 11 is 0. The van der Waals surface area contributed by atoms with Gasteiger partial charge in [-0.1, -0.05) is 0 Å². The smallest absolute Gasteiger partial charge is 0.253 e. The van der Waals surface area contributed by atoms with Crippen LogP contribution in [0.15, 0.2) is 24.3 Å². The Morgan fingerprint density at radius 2 is 1.91 bits per heavy atom. The van der Waals surface area contributed by atoms with Crippen LogP contribution in [-0.4, -0.2) is 58.5 Å². The first-order chi connectivity index (χ1) is 11.1. The number of hydrogen-bond donors (Lipinski definition) is 2. The van der Waals surface area contributed by atoms with Gasteiger partial charge in [-0.2, -0.15) is 5.26 Å². The average molecular weight is 316 g/mol. The standard InChI is InChI=1S/C17H20N2O4/c18-11-12-1-3-13(4-2-12)16(22)19-8-6-17(7-9-19)15(21)14(20)5-10-23-17/h1-4,14-15,20-21H,5-10H2/t14-,15-/m0/s1. The number of nitrogens with zero attached hydrogens (tertiary/aromatic N) is 2. The highest BCUT2D eigenvalue weighted by molar-refractivity contribution is 5.94. The molecule has 1 aromatic carbocycles. The molecule has 23 heavy (non-hydrogen) atoms. The molecule has 2 saturated heterocycles. The molecule has 3 rings (SSSR count). The van der Waals surface area contributed by atoms with E-state index in [-0.39, 0.29) is 5.91 Å². The molecule has 122 valence electrons. The Balaban J connectivity index is 1.66. The summed E-state index contributed by atoms with van der Waals surface area (Å²) in [5.74, 6) is -0.0878. The SMILES string of the molecule is N#Cc1ccc(C(=O)N2CCC3(CC2)OCC[C@H](O)[C@@H]3O)cc1. The van der Waals surface area contributed by atoms with E-state index in [1.54, 1.807) is 29.2 Å². The summed E-state index contributed by atoms with van der Waals surface area (Å²) in [6.45, 7) is 1.38. The lowest BCUT2D eigenvalue weighted by atomic mass is 9.80. The van der Waals surface area contributed by atoms with Crippen molar-refractivity contribution in [2.45, 2.75) is 37.1 Å². The van der Waals surface area contributed by atoms with Gasteiger partial charge in [0.2, 0.25) is 0 Å². The molecular weight excluding hydrogens is 296 g/mol. The molecule has 2 atom stereocenters. The van der Waals surface area contributed by atoms with Gasteiger partial charge < -0.3 is 19.8 Å². The van der Waals surface area contributed by atoms with Gasteiger partial charge in [0.1, 0.15) is 6.10 Å². The van der Waals surface area contributed by atoms with Crippen molar-refractivity contribution in [1.82, 2.24) is 4.90 Å². The second kappa shape index (κ2) is 6.28. The molecule has 1 amide bonds. The lowest BCUT2D eigenvalue weighted by Crippen LogP contribution is -2.60. The van der Waals surface area contributed by atoms with E-state index < -0.39 is 17.8 Å². The van der Waals surface area contributed by atoms with Crippen LogP contribution in [0.3, 0.4) is 0 Å². The number of likely N-dealkylation sites (tertiary alicyclic amines) is 1. The predicted molar refractivity (Wildman–Crippen MR) is 81.6 cm³/mol. The maximum absolute atomic E-state index is 12.5. The molecule has 6 heteroatoms. The number of aliphatic hydroxyl groups excluding tert-OH is 2. The zero-order chi connectivity index (χ0) is 16.4. The lowest BCUT2D eigenvalue weighted by Gasteiger charge is -2.48. The van der Waals surface area contributed by atoms with Crippen molar-refractivity contribution in [1.29, 1.82) is 5.26 Å². The van der Waals surface area contributed by atoms with Crippen molar-refractivity contribution in [2.75, 3.05) is 19.7 Å². The van der Waals surface area contributed by atoms with E-state index in [0.29, 0.717) is 50.1 Å². The maximum Gasteiger partial charge on any atom is 0.253 e. The van der Waals surface area contributed by atoms with Crippen LogP contribution in [0.25, 0.3) is 0 Å². The van der Waals surface area contributed by atoms with Crippen molar-refractivity contribution in [3.05, 3.63) is 35.4 Å². The van der Waals surface area contributed by atoms with Gasteiger partial charge in [-0.25, -0.2) is 0 Å². The van der Waals surface area contributed by atoms with Crippen molar-refractivity contribution < 1.29 is 19.7 Å². The third kappa shape index (κ3) is 2.95. The lowest BCUT2D eigenvalue weighted by molar-refractivity contribution is -0.212. The van der Waals surface area contributed by atoms with Crippen molar-refractivity contribution in [3.8, 4) is 6.07 Å². The summed E-state index contributed by atoms with van der Waals surface area (Å²) in [4.78, 5) is 14.2. The number of ether oxygens (including phenoxy) is 1. The van der Waals surface area contributed by atoms with E-state index in [2.05, 4.69) is 0 Å². The number of amides is 1. The predicted octanol–water partition coefficient (Wildman–Crippen LogP) is 0.675. The Kier molecular flexibility index (Phi) is 4.35. The summed E-state index contributed by atoms with van der Waals surface area (Å²) < 4.78 is 5.77. The normalized spacial score (nSPS) is 26.7. The molecule has 2 heterocycles. The minimum absolute atomic E-state index is 0.0878. The minimum Gasteiger partial charge on any atom is -0.390 e. The largest absolute Gasteiger partial charge is 0.390 e. The number of aliphatic hydroxyl groups is 2. The van der Waals surface area contributed by atoms with Crippen LogP contribution in [0.2, 0.25) is 0 Å². The maximum atomic E-state index is 12.5. The first-order valence-electron chi connectivity index (χ1n) is 7.85. The third-order valence-electron chi connectivity index (χ3n) is 4.86. The molecule has 0 unspecified atom stereocenters. The average Bonchev–Trinajstić information content (AvgIpc) is 2.60. The van der Waals surface area contributed by atoms with Gasteiger partial charge in [0, 0.05) is 18.7 Å². The summed E-state index contributed by atoms with van der Waals surface area (Å²) in [6, 6.07) is 8.59. The molecule has 0 bridgehead atoms. The fourth-order valence-corrected chi connectivity index (χ4v) is 3.38.